The van der Waals surface area contributed by atoms with Crippen LogP contribution < -0.4 is 5.32 Å². The number of benzene rings is 2. The standard InChI is InChI=1S/C19H14N4O2.H2/c24-17(12-15-6-3-5-13-4-1-2-7-16(13)15)21-19-22-18(23-25-19)14-8-10-20-11-9-14;/h1-11H,12H2,(H,21,22,23,24);1H. The van der Waals surface area contributed by atoms with E-state index in [-0.39, 0.29) is 19.8 Å². The number of carbonyl (C=O) groups is 1. The summed E-state index contributed by atoms with van der Waals surface area (Å²) in [6.45, 7) is 0. The van der Waals surface area contributed by atoms with Crippen molar-refractivity contribution >= 4 is 22.7 Å². The molecule has 2 aromatic heterocycles. The van der Waals surface area contributed by atoms with Crippen LogP contribution >= 0.6 is 0 Å². The van der Waals surface area contributed by atoms with E-state index in [2.05, 4.69) is 20.4 Å². The van der Waals surface area contributed by atoms with Crippen LogP contribution in [-0.4, -0.2) is 21.0 Å². The largest absolute Gasteiger partial charge is 0.328 e. The fourth-order valence-corrected chi connectivity index (χ4v) is 2.68. The summed E-state index contributed by atoms with van der Waals surface area (Å²) in [6.07, 6.45) is 3.52. The van der Waals surface area contributed by atoms with Crippen molar-refractivity contribution in [3.63, 3.8) is 0 Å². The van der Waals surface area contributed by atoms with Crippen molar-refractivity contribution < 1.29 is 10.7 Å². The van der Waals surface area contributed by atoms with E-state index in [1.165, 1.54) is 0 Å². The average molecular weight is 332 g/mol. The first kappa shape index (κ1) is 15.0. The van der Waals surface area contributed by atoms with Crippen molar-refractivity contribution in [2.45, 2.75) is 6.42 Å². The predicted molar refractivity (Wildman–Crippen MR) is 95.9 cm³/mol. The molecule has 0 unspecified atom stereocenters. The minimum absolute atomic E-state index is 0. The van der Waals surface area contributed by atoms with Gasteiger partial charge in [0, 0.05) is 19.4 Å². The van der Waals surface area contributed by atoms with E-state index >= 15 is 0 Å². The molecule has 0 bridgehead atoms. The van der Waals surface area contributed by atoms with Crippen molar-refractivity contribution in [3.8, 4) is 11.4 Å². The second kappa shape index (κ2) is 6.52. The van der Waals surface area contributed by atoms with Crippen molar-refractivity contribution in [2.24, 2.45) is 0 Å². The molecule has 0 spiro atoms. The number of anilines is 1. The molecule has 0 aliphatic heterocycles. The minimum atomic E-state index is -0.207. The Hall–Kier alpha value is -3.54. The summed E-state index contributed by atoms with van der Waals surface area (Å²) in [4.78, 5) is 20.5. The van der Waals surface area contributed by atoms with Crippen LogP contribution in [0, 0.1) is 0 Å². The number of nitrogens with zero attached hydrogens (tertiary/aromatic N) is 3. The van der Waals surface area contributed by atoms with Gasteiger partial charge in [-0.1, -0.05) is 47.6 Å². The molecular weight excluding hydrogens is 316 g/mol. The number of nitrogens with one attached hydrogen (secondary N) is 1. The molecule has 0 aliphatic carbocycles. The van der Waals surface area contributed by atoms with Crippen molar-refractivity contribution in [1.82, 2.24) is 15.1 Å². The maximum absolute atomic E-state index is 12.3. The monoisotopic (exact) mass is 332 g/mol. The third-order valence-corrected chi connectivity index (χ3v) is 3.84. The van der Waals surface area contributed by atoms with Crippen LogP contribution in [0.1, 0.15) is 6.99 Å². The zero-order valence-electron chi connectivity index (χ0n) is 13.2. The first-order valence-electron chi connectivity index (χ1n) is 7.80. The molecule has 4 aromatic rings. The fourth-order valence-electron chi connectivity index (χ4n) is 2.68. The Bertz CT molecular complexity index is 1030. The highest BCUT2D eigenvalue weighted by molar-refractivity contribution is 5.95. The Morgan fingerprint density at radius 1 is 1.04 bits per heavy atom. The number of hydrogen-bond donors (Lipinski definition) is 1. The zero-order chi connectivity index (χ0) is 17.1. The second-order valence-electron chi connectivity index (χ2n) is 5.52. The zero-order valence-corrected chi connectivity index (χ0v) is 13.2. The molecule has 1 amide bonds. The number of amides is 1. The molecule has 2 heterocycles. The van der Waals surface area contributed by atoms with Crippen molar-refractivity contribution in [3.05, 3.63) is 72.6 Å². The molecule has 0 saturated carbocycles. The van der Waals surface area contributed by atoms with E-state index in [1.54, 1.807) is 24.5 Å². The third kappa shape index (κ3) is 3.23. The molecule has 0 aliphatic rings. The first-order valence-corrected chi connectivity index (χ1v) is 7.80. The van der Waals surface area contributed by atoms with Gasteiger partial charge >= 0.3 is 6.01 Å². The molecule has 1 N–H and O–H groups in total. The van der Waals surface area contributed by atoms with E-state index in [4.69, 9.17) is 4.52 Å². The van der Waals surface area contributed by atoms with Gasteiger partial charge in [0.05, 0.1) is 6.42 Å². The summed E-state index contributed by atoms with van der Waals surface area (Å²) in [5.41, 5.74) is 1.72. The molecular formula is C19H16N4O2. The van der Waals surface area contributed by atoms with E-state index in [1.807, 2.05) is 42.5 Å². The highest BCUT2D eigenvalue weighted by atomic mass is 16.5. The molecule has 2 aromatic carbocycles. The number of fused-ring (bicyclic) bond motifs is 1. The topological polar surface area (TPSA) is 80.9 Å². The maximum Gasteiger partial charge on any atom is 0.328 e. The smallest absolute Gasteiger partial charge is 0.315 e. The third-order valence-electron chi connectivity index (χ3n) is 3.84. The molecule has 4 rings (SSSR count). The molecule has 0 saturated heterocycles. The summed E-state index contributed by atoms with van der Waals surface area (Å²) in [7, 11) is 0. The van der Waals surface area contributed by atoms with Crippen LogP contribution in [0.3, 0.4) is 0 Å². The molecule has 0 radical (unpaired) electrons. The fraction of sp³-hybridized carbons (Fsp3) is 0.0526. The van der Waals surface area contributed by atoms with Gasteiger partial charge < -0.3 is 4.52 Å². The van der Waals surface area contributed by atoms with Crippen LogP contribution in [0.2, 0.25) is 0 Å². The maximum atomic E-state index is 12.3. The van der Waals surface area contributed by atoms with E-state index in [9.17, 15) is 4.79 Å². The lowest BCUT2D eigenvalue weighted by Gasteiger charge is -2.05. The van der Waals surface area contributed by atoms with Crippen LogP contribution in [0.4, 0.5) is 6.01 Å². The molecule has 6 heteroatoms. The predicted octanol–water partition coefficient (Wildman–Crippen LogP) is 3.71. The Morgan fingerprint density at radius 3 is 2.72 bits per heavy atom. The lowest BCUT2D eigenvalue weighted by Crippen LogP contribution is -2.14. The lowest BCUT2D eigenvalue weighted by molar-refractivity contribution is -0.115. The Morgan fingerprint density at radius 2 is 1.84 bits per heavy atom. The second-order valence-corrected chi connectivity index (χ2v) is 5.52. The summed E-state index contributed by atoms with van der Waals surface area (Å²) in [5, 5.41) is 8.68. The minimum Gasteiger partial charge on any atom is -0.315 e. The highest BCUT2D eigenvalue weighted by Gasteiger charge is 2.12. The Kier molecular flexibility index (Phi) is 3.92. The van der Waals surface area contributed by atoms with E-state index in [0.29, 0.717) is 5.82 Å². The van der Waals surface area contributed by atoms with Crippen LogP contribution in [-0.2, 0) is 11.2 Å². The van der Waals surface area contributed by atoms with Gasteiger partial charge in [0.1, 0.15) is 0 Å². The molecule has 124 valence electrons. The number of carbonyl (C=O) groups excluding carboxylic acids is 1. The van der Waals surface area contributed by atoms with Gasteiger partial charge in [-0.3, -0.25) is 15.1 Å². The van der Waals surface area contributed by atoms with Gasteiger partial charge in [-0.25, -0.2) is 0 Å². The molecule has 0 atom stereocenters. The summed E-state index contributed by atoms with van der Waals surface area (Å²) >= 11 is 0. The first-order chi connectivity index (χ1) is 12.3. The van der Waals surface area contributed by atoms with Crippen molar-refractivity contribution in [1.29, 1.82) is 0 Å². The number of aromatic nitrogens is 3. The van der Waals surface area contributed by atoms with Crippen LogP contribution in [0.15, 0.2) is 71.5 Å². The SMILES string of the molecule is O=C(Cc1cccc2ccccc12)Nc1nc(-c2ccncc2)no1.[HH]. The lowest BCUT2D eigenvalue weighted by atomic mass is 10.0. The molecule has 25 heavy (non-hydrogen) atoms. The van der Waals surface area contributed by atoms with Gasteiger partial charge in [-0.15, -0.1) is 0 Å². The van der Waals surface area contributed by atoms with Gasteiger partial charge in [-0.05, 0) is 28.5 Å². The van der Waals surface area contributed by atoms with Gasteiger partial charge in [0.25, 0.3) is 0 Å². The summed E-state index contributed by atoms with van der Waals surface area (Å²) < 4.78 is 5.10. The normalized spacial score (nSPS) is 10.7. The van der Waals surface area contributed by atoms with E-state index < -0.39 is 0 Å². The van der Waals surface area contributed by atoms with Crippen LogP contribution in [0.5, 0.6) is 0 Å². The number of rotatable bonds is 4. The summed E-state index contributed by atoms with van der Waals surface area (Å²) in [5.74, 6) is 0.198. The molecule has 0 fully saturated rings. The van der Waals surface area contributed by atoms with Gasteiger partial charge in [0.15, 0.2) is 0 Å². The Labute approximate surface area is 145 Å². The van der Waals surface area contributed by atoms with Crippen molar-refractivity contribution in [2.75, 3.05) is 5.32 Å². The van der Waals surface area contributed by atoms with E-state index in [0.717, 1.165) is 21.9 Å². The summed E-state index contributed by atoms with van der Waals surface area (Å²) in [6, 6.07) is 17.5. The van der Waals surface area contributed by atoms with Crippen LogP contribution in [0.25, 0.3) is 22.2 Å². The van der Waals surface area contributed by atoms with Gasteiger partial charge in [-0.2, -0.15) is 4.98 Å². The van der Waals surface area contributed by atoms with Gasteiger partial charge in [0.2, 0.25) is 11.7 Å². The average Bonchev–Trinajstić information content (AvgIpc) is 3.11. The number of pyridine rings is 1. The number of hydrogen-bond acceptors (Lipinski definition) is 5. The quantitative estimate of drug-likeness (QED) is 0.616. The Balaban J connectivity index is 0.00000196. The molecule has 6 nitrogen and oxygen atoms in total. The highest BCUT2D eigenvalue weighted by Crippen LogP contribution is 2.20.